The molecule has 1 saturated heterocycles. The fourth-order valence-electron chi connectivity index (χ4n) is 2.45. The van der Waals surface area contributed by atoms with Crippen molar-refractivity contribution in [2.75, 3.05) is 18.4 Å². The topological polar surface area (TPSA) is 58.1 Å². The number of hydrogen-bond acceptors (Lipinski definition) is 4. The molecule has 1 aliphatic heterocycles. The number of carbonyl (C=O) groups is 1. The number of hydrogen-bond donors (Lipinski definition) is 1. The van der Waals surface area contributed by atoms with Crippen LogP contribution in [0.3, 0.4) is 0 Å². The molecule has 114 valence electrons. The van der Waals surface area contributed by atoms with Crippen molar-refractivity contribution >= 4 is 11.9 Å². The van der Waals surface area contributed by atoms with E-state index < -0.39 is 0 Å². The van der Waals surface area contributed by atoms with Gasteiger partial charge in [-0.15, -0.1) is 0 Å². The lowest BCUT2D eigenvalue weighted by Crippen LogP contribution is -2.27. The predicted octanol–water partition coefficient (Wildman–Crippen LogP) is 2.46. The van der Waals surface area contributed by atoms with Gasteiger partial charge in [0.2, 0.25) is 5.95 Å². The summed E-state index contributed by atoms with van der Waals surface area (Å²) in [5, 5.41) is 2.95. The normalized spacial score (nSPS) is 14.1. The molecule has 0 unspecified atom stereocenters. The second-order valence-electron chi connectivity index (χ2n) is 5.24. The second-order valence-corrected chi connectivity index (χ2v) is 5.24. The van der Waals surface area contributed by atoms with Gasteiger partial charge in [0.25, 0.3) is 5.91 Å². The number of benzene rings is 1. The monoisotopic (exact) mass is 300 g/mol. The number of nitrogens with one attached hydrogen (secondary N) is 1. The number of carbonyl (C=O) groups excluding carboxylic acids is 1. The van der Waals surface area contributed by atoms with E-state index in [-0.39, 0.29) is 11.7 Å². The molecule has 0 spiro atoms. The molecule has 0 atom stereocenters. The lowest BCUT2D eigenvalue weighted by Gasteiger charge is -2.14. The molecular weight excluding hydrogens is 283 g/mol. The number of nitrogens with zero attached hydrogens (tertiary/aromatic N) is 3. The van der Waals surface area contributed by atoms with Gasteiger partial charge in [0.1, 0.15) is 5.82 Å². The summed E-state index contributed by atoms with van der Waals surface area (Å²) < 4.78 is 13.5. The fourth-order valence-corrected chi connectivity index (χ4v) is 2.45. The van der Waals surface area contributed by atoms with Crippen LogP contribution in [0.15, 0.2) is 36.7 Å². The van der Waals surface area contributed by atoms with Gasteiger partial charge in [0.05, 0.1) is 5.56 Å². The SMILES string of the molecule is O=C(c1cnc(NCc2ccccc2F)nc1)N1CCCC1. The number of anilines is 1. The van der Waals surface area contributed by atoms with E-state index in [0.29, 0.717) is 23.6 Å². The van der Waals surface area contributed by atoms with Crippen LogP contribution < -0.4 is 5.32 Å². The third kappa shape index (κ3) is 3.21. The number of halogens is 1. The minimum atomic E-state index is -0.268. The number of amides is 1. The van der Waals surface area contributed by atoms with Gasteiger partial charge < -0.3 is 10.2 Å². The molecule has 0 aliphatic carbocycles. The van der Waals surface area contributed by atoms with Gasteiger partial charge in [-0.3, -0.25) is 4.79 Å². The van der Waals surface area contributed by atoms with E-state index in [1.807, 2.05) is 4.90 Å². The molecule has 1 amide bonds. The Labute approximate surface area is 128 Å². The highest BCUT2D eigenvalue weighted by Gasteiger charge is 2.19. The molecule has 1 aliphatic rings. The first-order chi connectivity index (χ1) is 10.7. The van der Waals surface area contributed by atoms with E-state index in [4.69, 9.17) is 0 Å². The average Bonchev–Trinajstić information content (AvgIpc) is 3.08. The molecule has 1 aromatic heterocycles. The summed E-state index contributed by atoms with van der Waals surface area (Å²) in [5.41, 5.74) is 1.03. The molecule has 2 heterocycles. The number of aromatic nitrogens is 2. The maximum atomic E-state index is 13.5. The lowest BCUT2D eigenvalue weighted by molar-refractivity contribution is 0.0792. The average molecular weight is 300 g/mol. The molecule has 0 saturated carbocycles. The third-order valence-corrected chi connectivity index (χ3v) is 3.69. The molecular formula is C16H17FN4O. The van der Waals surface area contributed by atoms with E-state index in [1.54, 1.807) is 18.2 Å². The number of rotatable bonds is 4. The quantitative estimate of drug-likeness (QED) is 0.942. The number of likely N-dealkylation sites (tertiary alicyclic amines) is 1. The smallest absolute Gasteiger partial charge is 0.256 e. The zero-order chi connectivity index (χ0) is 15.4. The van der Waals surface area contributed by atoms with Crippen LogP contribution >= 0.6 is 0 Å². The maximum absolute atomic E-state index is 13.5. The van der Waals surface area contributed by atoms with Crippen molar-refractivity contribution in [2.24, 2.45) is 0 Å². The van der Waals surface area contributed by atoms with Crippen LogP contribution in [0.2, 0.25) is 0 Å². The molecule has 6 heteroatoms. The van der Waals surface area contributed by atoms with Gasteiger partial charge in [-0.05, 0) is 18.9 Å². The maximum Gasteiger partial charge on any atom is 0.256 e. The summed E-state index contributed by atoms with van der Waals surface area (Å²) in [5.74, 6) is 0.0789. The van der Waals surface area contributed by atoms with Crippen LogP contribution in [-0.4, -0.2) is 33.9 Å². The largest absolute Gasteiger partial charge is 0.350 e. The van der Waals surface area contributed by atoms with E-state index >= 15 is 0 Å². The standard InChI is InChI=1S/C16H17FN4O/c17-14-6-2-1-5-12(14)9-18-16-19-10-13(11-20-16)15(22)21-7-3-4-8-21/h1-2,5-6,10-11H,3-4,7-9H2,(H,18,19,20). The van der Waals surface area contributed by atoms with Crippen LogP contribution in [0.5, 0.6) is 0 Å². The molecule has 0 bridgehead atoms. The summed E-state index contributed by atoms with van der Waals surface area (Å²) in [7, 11) is 0. The van der Waals surface area contributed by atoms with Crippen molar-refractivity contribution in [3.8, 4) is 0 Å². The van der Waals surface area contributed by atoms with Crippen molar-refractivity contribution in [1.82, 2.24) is 14.9 Å². The minimum Gasteiger partial charge on any atom is -0.350 e. The Morgan fingerprint density at radius 1 is 1.18 bits per heavy atom. The Kier molecular flexibility index (Phi) is 4.27. The summed E-state index contributed by atoms with van der Waals surface area (Å²) in [6, 6.07) is 6.54. The van der Waals surface area contributed by atoms with Gasteiger partial charge in [0, 0.05) is 37.6 Å². The van der Waals surface area contributed by atoms with Gasteiger partial charge in [-0.2, -0.15) is 0 Å². The summed E-state index contributed by atoms with van der Waals surface area (Å²) in [6.45, 7) is 1.89. The van der Waals surface area contributed by atoms with Crippen molar-refractivity contribution in [1.29, 1.82) is 0 Å². The van der Waals surface area contributed by atoms with Gasteiger partial charge in [0.15, 0.2) is 0 Å². The zero-order valence-electron chi connectivity index (χ0n) is 12.1. The molecule has 2 aromatic rings. The minimum absolute atomic E-state index is 0.0295. The summed E-state index contributed by atoms with van der Waals surface area (Å²) >= 11 is 0. The Bertz CT molecular complexity index is 653. The Hall–Kier alpha value is -2.50. The van der Waals surface area contributed by atoms with Crippen molar-refractivity contribution < 1.29 is 9.18 Å². The molecule has 22 heavy (non-hydrogen) atoms. The van der Waals surface area contributed by atoms with E-state index in [2.05, 4.69) is 15.3 Å². The van der Waals surface area contributed by atoms with Gasteiger partial charge in [-0.25, -0.2) is 14.4 Å². The Balaban J connectivity index is 1.62. The fraction of sp³-hybridized carbons (Fsp3) is 0.312. The molecule has 1 fully saturated rings. The van der Waals surface area contributed by atoms with Crippen molar-refractivity contribution in [3.05, 3.63) is 53.6 Å². The Morgan fingerprint density at radius 3 is 2.55 bits per heavy atom. The predicted molar refractivity (Wildman–Crippen MR) is 80.9 cm³/mol. The summed E-state index contributed by atoms with van der Waals surface area (Å²) in [4.78, 5) is 22.2. The van der Waals surface area contributed by atoms with Crippen molar-refractivity contribution in [2.45, 2.75) is 19.4 Å². The third-order valence-electron chi connectivity index (χ3n) is 3.69. The van der Waals surface area contributed by atoms with Crippen LogP contribution in [0.1, 0.15) is 28.8 Å². The van der Waals surface area contributed by atoms with Crippen LogP contribution in [-0.2, 0) is 6.54 Å². The highest BCUT2D eigenvalue weighted by Crippen LogP contribution is 2.13. The second kappa shape index (κ2) is 6.51. The van der Waals surface area contributed by atoms with Crippen LogP contribution in [0.4, 0.5) is 10.3 Å². The first kappa shape index (κ1) is 14.4. The molecule has 1 N–H and O–H groups in total. The Morgan fingerprint density at radius 2 is 1.86 bits per heavy atom. The highest BCUT2D eigenvalue weighted by molar-refractivity contribution is 5.93. The molecule has 3 rings (SSSR count). The van der Waals surface area contributed by atoms with E-state index in [1.165, 1.54) is 18.5 Å². The van der Waals surface area contributed by atoms with E-state index in [0.717, 1.165) is 25.9 Å². The van der Waals surface area contributed by atoms with Crippen molar-refractivity contribution in [3.63, 3.8) is 0 Å². The van der Waals surface area contributed by atoms with Gasteiger partial charge in [-0.1, -0.05) is 18.2 Å². The lowest BCUT2D eigenvalue weighted by atomic mass is 10.2. The summed E-state index contributed by atoms with van der Waals surface area (Å²) in [6.07, 6.45) is 5.12. The first-order valence-corrected chi connectivity index (χ1v) is 7.32. The van der Waals surface area contributed by atoms with Crippen LogP contribution in [0.25, 0.3) is 0 Å². The first-order valence-electron chi connectivity index (χ1n) is 7.32. The molecule has 5 nitrogen and oxygen atoms in total. The van der Waals surface area contributed by atoms with Gasteiger partial charge >= 0.3 is 0 Å². The highest BCUT2D eigenvalue weighted by atomic mass is 19.1. The molecule has 1 aromatic carbocycles. The van der Waals surface area contributed by atoms with E-state index in [9.17, 15) is 9.18 Å². The van der Waals surface area contributed by atoms with Crippen LogP contribution in [0, 0.1) is 5.82 Å². The molecule has 0 radical (unpaired) electrons. The zero-order valence-corrected chi connectivity index (χ0v) is 12.1.